The van der Waals surface area contributed by atoms with E-state index in [1.165, 1.54) is 5.56 Å². The number of hydrogen-bond acceptors (Lipinski definition) is 3. The van der Waals surface area contributed by atoms with E-state index < -0.39 is 5.97 Å². The molecule has 1 heterocycles. The average molecular weight is 416 g/mol. The summed E-state index contributed by atoms with van der Waals surface area (Å²) >= 11 is 0. The highest BCUT2D eigenvalue weighted by molar-refractivity contribution is 5.78. The van der Waals surface area contributed by atoms with Gasteiger partial charge in [0.2, 0.25) is 5.91 Å². The van der Waals surface area contributed by atoms with Crippen molar-refractivity contribution in [2.45, 2.75) is 83.3 Å². The summed E-state index contributed by atoms with van der Waals surface area (Å²) in [4.78, 5) is 24.6. The van der Waals surface area contributed by atoms with Crippen LogP contribution in [0.25, 0.3) is 0 Å². The number of carboxylic acids is 1. The fourth-order valence-corrected chi connectivity index (χ4v) is 4.13. The van der Waals surface area contributed by atoms with Crippen molar-refractivity contribution in [1.82, 2.24) is 4.90 Å². The largest absolute Gasteiger partial charge is 0.481 e. The van der Waals surface area contributed by atoms with Crippen molar-refractivity contribution in [3.63, 3.8) is 0 Å². The van der Waals surface area contributed by atoms with Crippen LogP contribution >= 0.6 is 0 Å². The first-order valence-electron chi connectivity index (χ1n) is 11.4. The van der Waals surface area contributed by atoms with Crippen molar-refractivity contribution in [3.8, 4) is 0 Å². The van der Waals surface area contributed by atoms with Crippen molar-refractivity contribution in [2.24, 2.45) is 5.92 Å². The quantitative estimate of drug-likeness (QED) is 0.344. The van der Waals surface area contributed by atoms with E-state index in [1.54, 1.807) is 0 Å². The number of aliphatic carboxylic acids is 1. The highest BCUT2D eigenvalue weighted by Gasteiger charge is 2.30. The van der Waals surface area contributed by atoms with Gasteiger partial charge in [-0.05, 0) is 62.8 Å². The molecule has 0 spiro atoms. The second-order valence-electron chi connectivity index (χ2n) is 8.50. The van der Waals surface area contributed by atoms with Crippen LogP contribution < -0.4 is 0 Å². The Balaban J connectivity index is 1.67. The fourth-order valence-electron chi connectivity index (χ4n) is 4.13. The molecule has 1 aromatic rings. The molecule has 0 saturated carbocycles. The smallest absolute Gasteiger partial charge is 0.303 e. The lowest BCUT2D eigenvalue weighted by molar-refractivity contribution is -0.137. The molecule has 1 saturated heterocycles. The molecule has 5 nitrogen and oxygen atoms in total. The maximum absolute atomic E-state index is 12.2. The van der Waals surface area contributed by atoms with Gasteiger partial charge in [-0.1, -0.05) is 49.4 Å². The van der Waals surface area contributed by atoms with Crippen molar-refractivity contribution >= 4 is 11.9 Å². The normalized spacial score (nSPS) is 18.8. The number of aryl methyl sites for hydroxylation is 1. The van der Waals surface area contributed by atoms with Gasteiger partial charge in [0.15, 0.2) is 0 Å². The van der Waals surface area contributed by atoms with Crippen LogP contribution in [0.5, 0.6) is 0 Å². The molecule has 166 valence electrons. The molecule has 0 aromatic heterocycles. The van der Waals surface area contributed by atoms with E-state index >= 15 is 0 Å². The van der Waals surface area contributed by atoms with Gasteiger partial charge in [0, 0.05) is 25.4 Å². The van der Waals surface area contributed by atoms with Crippen LogP contribution in [0.4, 0.5) is 0 Å². The summed E-state index contributed by atoms with van der Waals surface area (Å²) in [6, 6.07) is 10.6. The minimum Gasteiger partial charge on any atom is -0.481 e. The summed E-state index contributed by atoms with van der Waals surface area (Å²) in [5.41, 5.74) is 1.34. The Morgan fingerprint density at radius 1 is 1.20 bits per heavy atom. The maximum Gasteiger partial charge on any atom is 0.303 e. The van der Waals surface area contributed by atoms with E-state index in [0.717, 1.165) is 44.9 Å². The van der Waals surface area contributed by atoms with Crippen molar-refractivity contribution in [1.29, 1.82) is 0 Å². The highest BCUT2D eigenvalue weighted by atomic mass is 16.4. The van der Waals surface area contributed by atoms with Gasteiger partial charge in [0.25, 0.3) is 0 Å². The molecule has 1 aliphatic heterocycles. The standard InChI is InChI=1S/C25H37NO4/c1-20(10-9-13-21-11-5-4-6-12-21)23(27)17-15-22-16-18-24(28)26(22)19-8-3-2-7-14-25(29)30/h3-6,8,11-12,20,22-23,27H,2,7,9-10,13-19H2,1H3,(H,29,30)/t20-,22?,23+/m0/s1. The number of carbonyl (C=O) groups excluding carboxylic acids is 1. The van der Waals surface area contributed by atoms with E-state index in [9.17, 15) is 14.7 Å². The number of carboxylic acid groups (broad SMARTS) is 1. The number of allylic oxidation sites excluding steroid dienone is 1. The van der Waals surface area contributed by atoms with Gasteiger partial charge >= 0.3 is 5.97 Å². The molecule has 30 heavy (non-hydrogen) atoms. The molecule has 1 amide bonds. The van der Waals surface area contributed by atoms with Gasteiger partial charge in [-0.25, -0.2) is 0 Å². The van der Waals surface area contributed by atoms with Crippen molar-refractivity contribution in [3.05, 3.63) is 48.0 Å². The minimum atomic E-state index is -0.772. The Morgan fingerprint density at radius 3 is 2.70 bits per heavy atom. The Hall–Kier alpha value is -2.14. The third kappa shape index (κ3) is 8.70. The number of rotatable bonds is 14. The summed E-state index contributed by atoms with van der Waals surface area (Å²) in [6.45, 7) is 2.70. The van der Waals surface area contributed by atoms with Gasteiger partial charge in [-0.15, -0.1) is 0 Å². The van der Waals surface area contributed by atoms with Crippen LogP contribution in [0, 0.1) is 5.92 Å². The number of unbranched alkanes of at least 4 members (excludes halogenated alkanes) is 1. The van der Waals surface area contributed by atoms with Crippen LogP contribution in [-0.4, -0.2) is 45.7 Å². The number of aliphatic hydroxyl groups is 1. The van der Waals surface area contributed by atoms with E-state index in [0.29, 0.717) is 19.4 Å². The van der Waals surface area contributed by atoms with E-state index in [2.05, 4.69) is 31.2 Å². The fraction of sp³-hybridized carbons (Fsp3) is 0.600. The zero-order chi connectivity index (χ0) is 21.8. The van der Waals surface area contributed by atoms with Crippen molar-refractivity contribution < 1.29 is 19.8 Å². The summed E-state index contributed by atoms with van der Waals surface area (Å²) in [7, 11) is 0. The van der Waals surface area contributed by atoms with E-state index in [4.69, 9.17) is 5.11 Å². The molecule has 0 radical (unpaired) electrons. The van der Waals surface area contributed by atoms with Crippen LogP contribution in [0.3, 0.4) is 0 Å². The van der Waals surface area contributed by atoms with Crippen LogP contribution in [-0.2, 0) is 16.0 Å². The number of benzene rings is 1. The van der Waals surface area contributed by atoms with Crippen molar-refractivity contribution in [2.75, 3.05) is 6.54 Å². The number of carbonyl (C=O) groups is 2. The Kier molecular flexibility index (Phi) is 10.6. The zero-order valence-corrected chi connectivity index (χ0v) is 18.2. The lowest BCUT2D eigenvalue weighted by atomic mass is 9.92. The third-order valence-corrected chi connectivity index (χ3v) is 6.10. The second kappa shape index (κ2) is 13.2. The molecule has 1 aromatic carbocycles. The lowest BCUT2D eigenvalue weighted by Gasteiger charge is -2.26. The minimum absolute atomic E-state index is 0.178. The van der Waals surface area contributed by atoms with Gasteiger partial charge in [-0.2, -0.15) is 0 Å². The first-order valence-corrected chi connectivity index (χ1v) is 11.4. The van der Waals surface area contributed by atoms with Gasteiger partial charge in [0.1, 0.15) is 0 Å². The molecule has 1 aliphatic rings. The van der Waals surface area contributed by atoms with Crippen LogP contribution in [0.15, 0.2) is 42.5 Å². The number of nitrogens with zero attached hydrogens (tertiary/aromatic N) is 1. The average Bonchev–Trinajstić information content (AvgIpc) is 3.08. The third-order valence-electron chi connectivity index (χ3n) is 6.10. The zero-order valence-electron chi connectivity index (χ0n) is 18.2. The Morgan fingerprint density at radius 2 is 1.97 bits per heavy atom. The molecular weight excluding hydrogens is 378 g/mol. The topological polar surface area (TPSA) is 77.8 Å². The predicted octanol–water partition coefficient (Wildman–Crippen LogP) is 4.59. The Labute approximate surface area is 180 Å². The van der Waals surface area contributed by atoms with Crippen LogP contribution in [0.1, 0.15) is 70.3 Å². The van der Waals surface area contributed by atoms with Gasteiger partial charge < -0.3 is 15.1 Å². The number of amides is 1. The highest BCUT2D eigenvalue weighted by Crippen LogP contribution is 2.25. The monoisotopic (exact) mass is 415 g/mol. The number of likely N-dealkylation sites (tertiary alicyclic amines) is 1. The molecule has 1 unspecified atom stereocenters. The molecule has 0 aliphatic carbocycles. The number of aliphatic hydroxyl groups excluding tert-OH is 1. The molecule has 3 atom stereocenters. The molecule has 2 N–H and O–H groups in total. The van der Waals surface area contributed by atoms with Gasteiger partial charge in [0.05, 0.1) is 6.10 Å². The molecule has 0 bridgehead atoms. The maximum atomic E-state index is 12.2. The van der Waals surface area contributed by atoms with Gasteiger partial charge in [-0.3, -0.25) is 9.59 Å². The molecular formula is C25H37NO4. The molecule has 5 heteroatoms. The van der Waals surface area contributed by atoms with E-state index in [-0.39, 0.29) is 30.4 Å². The first kappa shape index (κ1) is 24.1. The lowest BCUT2D eigenvalue weighted by Crippen LogP contribution is -2.34. The summed E-state index contributed by atoms with van der Waals surface area (Å²) < 4.78 is 0. The Bertz CT molecular complexity index is 673. The summed E-state index contributed by atoms with van der Waals surface area (Å²) in [6.07, 6.45) is 11.3. The van der Waals surface area contributed by atoms with Crippen LogP contribution in [0.2, 0.25) is 0 Å². The first-order chi connectivity index (χ1) is 14.5. The number of hydrogen-bond donors (Lipinski definition) is 2. The summed E-state index contributed by atoms with van der Waals surface area (Å²) in [5.74, 6) is -0.333. The molecule has 1 fully saturated rings. The van der Waals surface area contributed by atoms with E-state index in [1.807, 2.05) is 23.1 Å². The second-order valence-corrected chi connectivity index (χ2v) is 8.50. The molecule has 2 rings (SSSR count). The predicted molar refractivity (Wildman–Crippen MR) is 119 cm³/mol. The summed E-state index contributed by atoms with van der Waals surface area (Å²) in [5, 5.41) is 19.2. The SMILES string of the molecule is C[C@@H](CCCc1ccccc1)[C@H](O)CCC1CCC(=O)N1CC=CCCCC(=O)O.